The fourth-order valence-electron chi connectivity index (χ4n) is 3.90. The summed E-state index contributed by atoms with van der Waals surface area (Å²) in [6.07, 6.45) is 3.16. The summed E-state index contributed by atoms with van der Waals surface area (Å²) in [7, 11) is 0. The normalized spacial score (nSPS) is 21.5. The Morgan fingerprint density at radius 2 is 1.79 bits per heavy atom. The van der Waals surface area contributed by atoms with E-state index in [1.54, 1.807) is 30.3 Å². The van der Waals surface area contributed by atoms with Gasteiger partial charge in [0.25, 0.3) is 11.8 Å². The molecule has 0 bridgehead atoms. The number of allylic oxidation sites excluding steroid dienone is 2. The highest BCUT2D eigenvalue weighted by Gasteiger charge is 2.37. The first kappa shape index (κ1) is 20.7. The van der Waals surface area contributed by atoms with E-state index < -0.39 is 0 Å². The minimum absolute atomic E-state index is 0.0232. The van der Waals surface area contributed by atoms with Crippen molar-refractivity contribution in [2.24, 2.45) is 10.4 Å². The minimum atomic E-state index is -0.318. The third-order valence-electron chi connectivity index (χ3n) is 5.23. The number of hydrogen-bond acceptors (Lipinski definition) is 5. The highest BCUT2D eigenvalue weighted by Crippen LogP contribution is 2.36. The Hall–Kier alpha value is -3.02. The second-order valence-corrected chi connectivity index (χ2v) is 8.25. The summed E-state index contributed by atoms with van der Waals surface area (Å²) in [6.45, 7) is 8.23. The lowest BCUT2D eigenvalue weighted by molar-refractivity contribution is -0.117. The first-order chi connectivity index (χ1) is 13.7. The number of carbonyl (C=O) groups is 3. The molecule has 29 heavy (non-hydrogen) atoms. The lowest BCUT2D eigenvalue weighted by Gasteiger charge is -2.31. The van der Waals surface area contributed by atoms with Gasteiger partial charge in [-0.15, -0.1) is 6.58 Å². The maximum atomic E-state index is 12.7. The molecule has 152 valence electrons. The van der Waals surface area contributed by atoms with Crippen molar-refractivity contribution in [3.63, 3.8) is 0 Å². The fraction of sp³-hybridized carbons (Fsp3) is 0.391. The summed E-state index contributed by atoms with van der Waals surface area (Å²) < 4.78 is 0. The lowest BCUT2D eigenvalue weighted by Crippen LogP contribution is -2.33. The third-order valence-corrected chi connectivity index (χ3v) is 5.23. The van der Waals surface area contributed by atoms with Crippen LogP contribution in [0.2, 0.25) is 0 Å². The van der Waals surface area contributed by atoms with E-state index in [1.165, 1.54) is 4.90 Å². The lowest BCUT2D eigenvalue weighted by atomic mass is 9.73. The van der Waals surface area contributed by atoms with Crippen LogP contribution in [-0.2, 0) is 4.79 Å². The van der Waals surface area contributed by atoms with E-state index >= 15 is 0 Å². The molecule has 0 saturated heterocycles. The largest absolute Gasteiger partial charge is 0.511 e. The van der Waals surface area contributed by atoms with Crippen molar-refractivity contribution < 1.29 is 19.5 Å². The first-order valence-corrected chi connectivity index (χ1v) is 9.80. The zero-order valence-corrected chi connectivity index (χ0v) is 16.9. The molecular formula is C23H26N2O4. The number of aliphatic imine (C=N–C) groups is 1. The van der Waals surface area contributed by atoms with Gasteiger partial charge in [0.15, 0.2) is 5.78 Å². The maximum Gasteiger partial charge on any atom is 0.261 e. The van der Waals surface area contributed by atoms with Gasteiger partial charge in [-0.05, 0) is 30.4 Å². The van der Waals surface area contributed by atoms with Gasteiger partial charge in [0.1, 0.15) is 5.76 Å². The molecule has 2 aliphatic rings. The van der Waals surface area contributed by atoms with Crippen LogP contribution in [0.5, 0.6) is 0 Å². The number of imide groups is 1. The Balaban J connectivity index is 1.72. The van der Waals surface area contributed by atoms with Gasteiger partial charge in [-0.25, -0.2) is 0 Å². The molecule has 3 rings (SSSR count). The van der Waals surface area contributed by atoms with Crippen molar-refractivity contribution in [2.75, 3.05) is 13.1 Å². The van der Waals surface area contributed by atoms with Gasteiger partial charge in [0.05, 0.1) is 23.2 Å². The van der Waals surface area contributed by atoms with Crippen molar-refractivity contribution >= 4 is 23.3 Å². The Kier molecular flexibility index (Phi) is 5.82. The molecule has 1 heterocycles. The zero-order valence-electron chi connectivity index (χ0n) is 16.9. The fourth-order valence-corrected chi connectivity index (χ4v) is 3.90. The summed E-state index contributed by atoms with van der Waals surface area (Å²) in [5, 5.41) is 10.6. The van der Waals surface area contributed by atoms with E-state index in [1.807, 2.05) is 13.8 Å². The van der Waals surface area contributed by atoms with Crippen LogP contribution in [0, 0.1) is 5.41 Å². The van der Waals surface area contributed by atoms with Gasteiger partial charge < -0.3 is 5.11 Å². The number of hydrogen-bond donors (Lipinski definition) is 1. The van der Waals surface area contributed by atoms with Gasteiger partial charge in [0.2, 0.25) is 0 Å². The Labute approximate surface area is 170 Å². The smallest absolute Gasteiger partial charge is 0.261 e. The van der Waals surface area contributed by atoms with E-state index in [0.717, 1.165) is 0 Å². The molecule has 0 aromatic heterocycles. The topological polar surface area (TPSA) is 87.0 Å². The molecule has 1 aliphatic carbocycles. The number of aliphatic hydroxyl groups is 1. The monoisotopic (exact) mass is 394 g/mol. The Morgan fingerprint density at radius 3 is 2.38 bits per heavy atom. The van der Waals surface area contributed by atoms with Crippen LogP contribution in [-0.4, -0.2) is 46.4 Å². The van der Waals surface area contributed by atoms with Crippen LogP contribution in [0.3, 0.4) is 0 Å². The number of ketones is 1. The van der Waals surface area contributed by atoms with E-state index in [0.29, 0.717) is 42.6 Å². The Morgan fingerprint density at radius 1 is 1.17 bits per heavy atom. The summed E-state index contributed by atoms with van der Waals surface area (Å²) in [4.78, 5) is 43.1. The molecule has 0 spiro atoms. The molecule has 0 unspecified atom stereocenters. The molecular weight excluding hydrogens is 368 g/mol. The van der Waals surface area contributed by atoms with Crippen LogP contribution >= 0.6 is 0 Å². The molecule has 1 fully saturated rings. The molecule has 6 nitrogen and oxygen atoms in total. The SMILES string of the molecule is C=CCN=C1CC(C)(C)CC(=O)C1=C(O)CCCN1C(=O)c2ccccc2C1=O. The molecule has 0 atom stereocenters. The third kappa shape index (κ3) is 4.21. The number of rotatable bonds is 6. The predicted octanol–water partition coefficient (Wildman–Crippen LogP) is 3.89. The summed E-state index contributed by atoms with van der Waals surface area (Å²) in [5.74, 6) is -0.782. The van der Waals surface area contributed by atoms with Crippen molar-refractivity contribution in [1.82, 2.24) is 4.90 Å². The number of amides is 2. The first-order valence-electron chi connectivity index (χ1n) is 9.80. The molecule has 1 N–H and O–H groups in total. The molecule has 1 aliphatic heterocycles. The van der Waals surface area contributed by atoms with Crippen molar-refractivity contribution in [1.29, 1.82) is 0 Å². The Bertz CT molecular complexity index is 905. The highest BCUT2D eigenvalue weighted by atomic mass is 16.3. The van der Waals surface area contributed by atoms with Crippen LogP contribution < -0.4 is 0 Å². The van der Waals surface area contributed by atoms with Crippen LogP contribution in [0.4, 0.5) is 0 Å². The van der Waals surface area contributed by atoms with E-state index in [4.69, 9.17) is 0 Å². The number of benzene rings is 1. The zero-order chi connectivity index (χ0) is 21.2. The highest BCUT2D eigenvalue weighted by molar-refractivity contribution is 6.24. The van der Waals surface area contributed by atoms with Gasteiger partial charge >= 0.3 is 0 Å². The molecule has 1 aromatic carbocycles. The number of fused-ring (bicyclic) bond motifs is 1. The van der Waals surface area contributed by atoms with Crippen LogP contribution in [0.25, 0.3) is 0 Å². The standard InChI is InChI=1S/C23H26N2O4/c1-4-11-24-17-13-23(2,3)14-19(27)20(17)18(26)10-7-12-25-21(28)15-8-5-6-9-16(15)22(25)29/h4-6,8-9,26H,1,7,10-14H2,2-3H3. The summed E-state index contributed by atoms with van der Waals surface area (Å²) >= 11 is 0. The second kappa shape index (κ2) is 8.15. The molecule has 2 amide bonds. The molecule has 1 saturated carbocycles. The quantitative estimate of drug-likeness (QED) is 0.343. The minimum Gasteiger partial charge on any atom is -0.511 e. The van der Waals surface area contributed by atoms with Crippen LogP contribution in [0.15, 0.2) is 53.2 Å². The second-order valence-electron chi connectivity index (χ2n) is 8.25. The average molecular weight is 394 g/mol. The van der Waals surface area contributed by atoms with Crippen molar-refractivity contribution in [3.8, 4) is 0 Å². The summed E-state index contributed by atoms with van der Waals surface area (Å²) in [6, 6.07) is 6.73. The van der Waals surface area contributed by atoms with Gasteiger partial charge in [-0.1, -0.05) is 32.1 Å². The average Bonchev–Trinajstić information content (AvgIpc) is 2.90. The summed E-state index contributed by atoms with van der Waals surface area (Å²) in [5.41, 5.74) is 1.49. The number of Topliss-reactive ketones (excluding diaryl/α,β-unsaturated/α-hetero) is 1. The van der Waals surface area contributed by atoms with Gasteiger partial charge in [0, 0.05) is 25.1 Å². The molecule has 0 radical (unpaired) electrons. The van der Waals surface area contributed by atoms with Crippen molar-refractivity contribution in [3.05, 3.63) is 59.4 Å². The maximum absolute atomic E-state index is 12.7. The van der Waals surface area contributed by atoms with Gasteiger partial charge in [-0.3, -0.25) is 24.3 Å². The van der Waals surface area contributed by atoms with Gasteiger partial charge in [-0.2, -0.15) is 0 Å². The number of carbonyl (C=O) groups excluding carboxylic acids is 3. The van der Waals surface area contributed by atoms with Crippen LogP contribution in [0.1, 0.15) is 60.2 Å². The molecule has 1 aromatic rings. The van der Waals surface area contributed by atoms with E-state index in [2.05, 4.69) is 11.6 Å². The number of nitrogens with zero attached hydrogens (tertiary/aromatic N) is 2. The predicted molar refractivity (Wildman–Crippen MR) is 111 cm³/mol. The molecule has 6 heteroatoms. The number of aliphatic hydroxyl groups excluding tert-OH is 1. The van der Waals surface area contributed by atoms with Crippen molar-refractivity contribution in [2.45, 2.75) is 39.5 Å². The van der Waals surface area contributed by atoms with E-state index in [9.17, 15) is 19.5 Å². The van der Waals surface area contributed by atoms with E-state index in [-0.39, 0.29) is 47.3 Å².